The molecule has 220 valence electrons. The predicted molar refractivity (Wildman–Crippen MR) is 163 cm³/mol. The summed E-state index contributed by atoms with van der Waals surface area (Å²) in [7, 11) is 0. The number of carbonyl (C=O) groups is 2. The molecule has 12 heteroatoms. The number of aromatic nitrogens is 4. The molecule has 3 aromatic heterocycles. The van der Waals surface area contributed by atoms with Crippen LogP contribution in [-0.4, -0.2) is 61.9 Å². The number of fused-ring (bicyclic) bond motifs is 5. The summed E-state index contributed by atoms with van der Waals surface area (Å²) in [4.78, 5) is 57.4. The highest BCUT2D eigenvalue weighted by molar-refractivity contribution is 6.34. The van der Waals surface area contributed by atoms with Crippen molar-refractivity contribution in [1.29, 1.82) is 0 Å². The Morgan fingerprint density at radius 2 is 2.00 bits per heavy atom. The van der Waals surface area contributed by atoms with Crippen molar-refractivity contribution in [3.8, 4) is 16.9 Å². The molecule has 0 saturated carbocycles. The van der Waals surface area contributed by atoms with Crippen molar-refractivity contribution < 1.29 is 14.0 Å². The van der Waals surface area contributed by atoms with Crippen LogP contribution in [0.2, 0.25) is 5.02 Å². The standard InChI is InChI=1S/C31H29ClFN7O3/c1-5-24(42)38-11-12-39(17(4)15-38)29-19-14-20(32)27-25-21(33)7-6-8-22(25)35-23(41)13-18-9-10-34-26(16(2)3)28(18)40(30(19)36-27)31(43)37-29/h5-10,14,16-17H,1,11-13,15H2,2-4H3,(H,35,41)/t17-/m0/s1. The van der Waals surface area contributed by atoms with Crippen LogP contribution in [0, 0.1) is 5.82 Å². The van der Waals surface area contributed by atoms with Gasteiger partial charge in [0, 0.05) is 31.9 Å². The number of pyridine rings is 2. The third-order valence-electron chi connectivity index (χ3n) is 7.87. The molecule has 0 unspecified atom stereocenters. The Morgan fingerprint density at radius 1 is 1.21 bits per heavy atom. The molecule has 2 aliphatic rings. The molecule has 0 spiro atoms. The Labute approximate surface area is 251 Å². The Kier molecular flexibility index (Phi) is 7.21. The molecule has 2 bridgehead atoms. The molecule has 2 amide bonds. The number of halogens is 2. The number of nitrogens with one attached hydrogen (secondary N) is 1. The van der Waals surface area contributed by atoms with Gasteiger partial charge in [0.15, 0.2) is 5.65 Å². The second kappa shape index (κ2) is 10.9. The average molecular weight is 602 g/mol. The fourth-order valence-corrected chi connectivity index (χ4v) is 6.12. The predicted octanol–water partition coefficient (Wildman–Crippen LogP) is 4.48. The van der Waals surface area contributed by atoms with Crippen molar-refractivity contribution in [2.45, 2.75) is 39.2 Å². The van der Waals surface area contributed by atoms with E-state index in [4.69, 9.17) is 16.6 Å². The molecule has 6 rings (SSSR count). The highest BCUT2D eigenvalue weighted by atomic mass is 35.5. The van der Waals surface area contributed by atoms with E-state index in [0.717, 1.165) is 0 Å². The second-order valence-corrected chi connectivity index (χ2v) is 11.4. The Balaban J connectivity index is 1.70. The highest BCUT2D eigenvalue weighted by Crippen LogP contribution is 2.39. The zero-order valence-corrected chi connectivity index (χ0v) is 24.7. The van der Waals surface area contributed by atoms with Crippen molar-refractivity contribution >= 4 is 46.0 Å². The molecule has 1 fully saturated rings. The summed E-state index contributed by atoms with van der Waals surface area (Å²) in [6.07, 6.45) is 2.78. The molecule has 4 aromatic rings. The Hall–Kier alpha value is -4.64. The summed E-state index contributed by atoms with van der Waals surface area (Å²) >= 11 is 6.83. The molecule has 5 heterocycles. The number of amides is 2. The maximum Gasteiger partial charge on any atom is 0.355 e. The van der Waals surface area contributed by atoms with E-state index >= 15 is 4.39 Å². The van der Waals surface area contributed by atoms with Crippen LogP contribution in [0.3, 0.4) is 0 Å². The maximum absolute atomic E-state index is 15.5. The molecule has 1 saturated heterocycles. The number of rotatable bonds is 3. The van der Waals surface area contributed by atoms with Gasteiger partial charge in [-0.3, -0.25) is 14.6 Å². The van der Waals surface area contributed by atoms with Gasteiger partial charge < -0.3 is 15.1 Å². The van der Waals surface area contributed by atoms with Gasteiger partial charge in [-0.2, -0.15) is 4.98 Å². The number of carbonyl (C=O) groups excluding carboxylic acids is 2. The zero-order chi connectivity index (χ0) is 30.6. The quantitative estimate of drug-likeness (QED) is 0.345. The molecular formula is C31H29ClFN7O3. The molecule has 1 N–H and O–H groups in total. The van der Waals surface area contributed by atoms with E-state index in [1.807, 2.05) is 25.7 Å². The van der Waals surface area contributed by atoms with E-state index in [-0.39, 0.29) is 51.9 Å². The van der Waals surface area contributed by atoms with E-state index in [9.17, 15) is 14.4 Å². The first kappa shape index (κ1) is 28.5. The third kappa shape index (κ3) is 4.83. The second-order valence-electron chi connectivity index (χ2n) is 11.0. The summed E-state index contributed by atoms with van der Waals surface area (Å²) in [5.74, 6) is -0.984. The highest BCUT2D eigenvalue weighted by Gasteiger charge is 2.31. The normalized spacial score (nSPS) is 16.5. The first-order valence-electron chi connectivity index (χ1n) is 14.0. The topological polar surface area (TPSA) is 113 Å². The van der Waals surface area contributed by atoms with Crippen LogP contribution in [0.25, 0.3) is 28.0 Å². The fraction of sp³-hybridized carbons (Fsp3) is 0.290. The van der Waals surface area contributed by atoms with Crippen molar-refractivity contribution in [3.05, 3.63) is 81.8 Å². The summed E-state index contributed by atoms with van der Waals surface area (Å²) in [5.41, 5.74) is 1.38. The Morgan fingerprint density at radius 3 is 2.72 bits per heavy atom. The van der Waals surface area contributed by atoms with Gasteiger partial charge in [0.2, 0.25) is 11.8 Å². The Bertz CT molecular complexity index is 1890. The van der Waals surface area contributed by atoms with E-state index in [1.165, 1.54) is 22.8 Å². The number of nitrogens with zero attached hydrogens (tertiary/aromatic N) is 6. The zero-order valence-electron chi connectivity index (χ0n) is 23.9. The van der Waals surface area contributed by atoms with Crippen molar-refractivity contribution in [2.24, 2.45) is 0 Å². The maximum atomic E-state index is 15.5. The van der Waals surface area contributed by atoms with E-state index in [1.54, 1.807) is 29.3 Å². The minimum absolute atomic E-state index is 0.0122. The summed E-state index contributed by atoms with van der Waals surface area (Å²) in [6.45, 7) is 10.6. The molecule has 0 radical (unpaired) electrons. The van der Waals surface area contributed by atoms with Crippen LogP contribution in [0.4, 0.5) is 15.9 Å². The molecule has 1 aromatic carbocycles. The van der Waals surface area contributed by atoms with Crippen molar-refractivity contribution in [2.75, 3.05) is 29.9 Å². The van der Waals surface area contributed by atoms with Crippen LogP contribution >= 0.6 is 11.6 Å². The minimum atomic E-state index is -0.635. The molecule has 0 aliphatic carbocycles. The van der Waals surface area contributed by atoms with Gasteiger partial charge in [0.05, 0.1) is 45.2 Å². The lowest BCUT2D eigenvalue weighted by molar-refractivity contribution is -0.126. The largest absolute Gasteiger partial charge is 0.355 e. The molecule has 43 heavy (non-hydrogen) atoms. The van der Waals surface area contributed by atoms with Crippen LogP contribution < -0.4 is 15.9 Å². The van der Waals surface area contributed by atoms with Gasteiger partial charge in [-0.15, -0.1) is 0 Å². The third-order valence-corrected chi connectivity index (χ3v) is 8.16. The summed E-state index contributed by atoms with van der Waals surface area (Å²) in [5, 5.41) is 3.38. The van der Waals surface area contributed by atoms with E-state index in [2.05, 4.69) is 21.9 Å². The fourth-order valence-electron chi connectivity index (χ4n) is 5.87. The lowest BCUT2D eigenvalue weighted by Gasteiger charge is -2.40. The number of anilines is 2. The summed E-state index contributed by atoms with van der Waals surface area (Å²) in [6, 6.07) is 7.45. The van der Waals surface area contributed by atoms with Gasteiger partial charge in [-0.1, -0.05) is 38.1 Å². The van der Waals surface area contributed by atoms with Crippen molar-refractivity contribution in [3.63, 3.8) is 0 Å². The van der Waals surface area contributed by atoms with Gasteiger partial charge in [-0.05, 0) is 48.7 Å². The van der Waals surface area contributed by atoms with Crippen molar-refractivity contribution in [1.82, 2.24) is 24.4 Å². The van der Waals surface area contributed by atoms with Crippen LogP contribution in [0.15, 0.2) is 54.0 Å². The van der Waals surface area contributed by atoms with Gasteiger partial charge in [-0.25, -0.2) is 18.7 Å². The van der Waals surface area contributed by atoms with E-state index in [0.29, 0.717) is 47.8 Å². The summed E-state index contributed by atoms with van der Waals surface area (Å²) < 4.78 is 16.8. The van der Waals surface area contributed by atoms with E-state index < -0.39 is 17.4 Å². The average Bonchev–Trinajstić information content (AvgIpc) is 2.98. The van der Waals surface area contributed by atoms with Crippen LogP contribution in [0.1, 0.15) is 37.9 Å². The lowest BCUT2D eigenvalue weighted by Crippen LogP contribution is -2.54. The SMILES string of the molecule is C=CC(=O)N1CCN(c2nc(=O)n3c4nc(c(Cl)cc24)-c2c(F)cccc2NC(=O)Cc2ccnc(C(C)C)c2-3)[C@@H](C)C1. The molecule has 1 atom stereocenters. The molecule has 2 aliphatic heterocycles. The van der Waals surface area contributed by atoms with Gasteiger partial charge >= 0.3 is 5.69 Å². The lowest BCUT2D eigenvalue weighted by atomic mass is 10.0. The van der Waals surface area contributed by atoms with Crippen LogP contribution in [-0.2, 0) is 16.0 Å². The number of benzene rings is 1. The number of piperazine rings is 1. The minimum Gasteiger partial charge on any atom is -0.350 e. The van der Waals surface area contributed by atoms with Crippen LogP contribution in [0.5, 0.6) is 0 Å². The first-order chi connectivity index (χ1) is 20.6. The van der Waals surface area contributed by atoms with Gasteiger partial charge in [0.1, 0.15) is 11.6 Å². The first-order valence-corrected chi connectivity index (χ1v) is 14.3. The molecule has 10 nitrogen and oxygen atoms in total. The van der Waals surface area contributed by atoms with Gasteiger partial charge in [0.25, 0.3) is 0 Å². The monoisotopic (exact) mass is 601 g/mol. The smallest absolute Gasteiger partial charge is 0.350 e. The number of hydrogen-bond donors (Lipinski definition) is 1. The number of hydrogen-bond acceptors (Lipinski definition) is 7. The molecular weight excluding hydrogens is 573 g/mol.